The maximum Gasteiger partial charge on any atom is 0.244 e. The lowest BCUT2D eigenvalue weighted by Gasteiger charge is -2.32. The van der Waals surface area contributed by atoms with Crippen LogP contribution in [0, 0.1) is 0 Å². The molecule has 0 bridgehead atoms. The summed E-state index contributed by atoms with van der Waals surface area (Å²) < 4.78 is 26.2. The van der Waals surface area contributed by atoms with Crippen LogP contribution in [0.25, 0.3) is 0 Å². The first kappa shape index (κ1) is 27.3. The number of sulfonamides is 1. The van der Waals surface area contributed by atoms with E-state index in [0.29, 0.717) is 11.4 Å². The van der Waals surface area contributed by atoms with Crippen molar-refractivity contribution in [1.82, 2.24) is 10.2 Å². The fourth-order valence-electron chi connectivity index (χ4n) is 4.24. The van der Waals surface area contributed by atoms with Crippen LogP contribution >= 0.6 is 23.2 Å². The highest BCUT2D eigenvalue weighted by molar-refractivity contribution is 7.92. The largest absolute Gasteiger partial charge is 0.352 e. The Morgan fingerprint density at radius 3 is 2.34 bits per heavy atom. The fourth-order valence-corrected chi connectivity index (χ4v) is 5.66. The molecule has 1 N–H and O–H groups in total. The molecule has 0 spiro atoms. The van der Waals surface area contributed by atoms with Crippen LogP contribution < -0.4 is 9.62 Å². The number of benzene rings is 2. The van der Waals surface area contributed by atoms with Crippen molar-refractivity contribution in [3.05, 3.63) is 64.1 Å². The molecule has 2 amide bonds. The second-order valence-corrected chi connectivity index (χ2v) is 11.6. The smallest absolute Gasteiger partial charge is 0.244 e. The predicted octanol–water partition coefficient (Wildman–Crippen LogP) is 4.28. The number of anilines is 1. The maximum atomic E-state index is 13.5. The topological polar surface area (TPSA) is 86.8 Å². The highest BCUT2D eigenvalue weighted by atomic mass is 35.5. The summed E-state index contributed by atoms with van der Waals surface area (Å²) in [4.78, 5) is 28.0. The minimum Gasteiger partial charge on any atom is -0.352 e. The Kier molecular flexibility index (Phi) is 9.44. The number of halogens is 2. The van der Waals surface area contributed by atoms with Crippen LogP contribution in [0.2, 0.25) is 10.0 Å². The third-order valence-corrected chi connectivity index (χ3v) is 7.87. The van der Waals surface area contributed by atoms with Gasteiger partial charge in [-0.25, -0.2) is 8.42 Å². The molecule has 0 radical (unpaired) electrons. The molecule has 0 heterocycles. The van der Waals surface area contributed by atoms with Crippen LogP contribution in [-0.2, 0) is 26.0 Å². The van der Waals surface area contributed by atoms with Gasteiger partial charge in [0.15, 0.2) is 0 Å². The summed E-state index contributed by atoms with van der Waals surface area (Å²) in [6.45, 7) is 1.44. The van der Waals surface area contributed by atoms with Gasteiger partial charge in [0.2, 0.25) is 21.8 Å². The Hall–Kier alpha value is -2.29. The standard InChI is InChI=1S/C25H31Cl2N3O4S/c1-18(25(32)28-21-10-6-7-11-21)29(15-14-19-8-4-3-5-9-19)24(31)17-30(35(2,33)34)23-13-12-20(26)16-22(23)27/h3-5,8-9,12-13,16,18,21H,6-7,10-11,14-15,17H2,1-2H3,(H,28,32)/t18-/m0/s1. The van der Waals surface area contributed by atoms with Crippen LogP contribution in [0.5, 0.6) is 0 Å². The fraction of sp³-hybridized carbons (Fsp3) is 0.440. The molecule has 1 saturated carbocycles. The maximum absolute atomic E-state index is 13.5. The molecule has 2 aromatic carbocycles. The van der Waals surface area contributed by atoms with E-state index in [-0.39, 0.29) is 29.2 Å². The number of amides is 2. The van der Waals surface area contributed by atoms with E-state index in [9.17, 15) is 18.0 Å². The van der Waals surface area contributed by atoms with Crippen LogP contribution in [-0.4, -0.2) is 56.6 Å². The van der Waals surface area contributed by atoms with Gasteiger partial charge >= 0.3 is 0 Å². The zero-order valence-electron chi connectivity index (χ0n) is 19.9. The molecule has 10 heteroatoms. The average molecular weight is 541 g/mol. The summed E-state index contributed by atoms with van der Waals surface area (Å²) in [7, 11) is -3.86. The second kappa shape index (κ2) is 12.1. The molecule has 35 heavy (non-hydrogen) atoms. The van der Waals surface area contributed by atoms with Crippen LogP contribution in [0.1, 0.15) is 38.2 Å². The molecular formula is C25H31Cl2N3O4S. The highest BCUT2D eigenvalue weighted by Gasteiger charge is 2.31. The van der Waals surface area contributed by atoms with Crippen molar-refractivity contribution in [2.75, 3.05) is 23.7 Å². The lowest BCUT2D eigenvalue weighted by molar-refractivity contribution is -0.139. The number of rotatable bonds is 10. The summed E-state index contributed by atoms with van der Waals surface area (Å²) in [6, 6.07) is 13.3. The van der Waals surface area contributed by atoms with Crippen molar-refractivity contribution in [1.29, 1.82) is 0 Å². The molecule has 190 valence electrons. The van der Waals surface area contributed by atoms with Crippen molar-refractivity contribution < 1.29 is 18.0 Å². The first-order valence-corrected chi connectivity index (χ1v) is 14.2. The van der Waals surface area contributed by atoms with Gasteiger partial charge in [-0.05, 0) is 49.9 Å². The van der Waals surface area contributed by atoms with Crippen molar-refractivity contribution in [2.24, 2.45) is 0 Å². The molecule has 7 nitrogen and oxygen atoms in total. The number of carbonyl (C=O) groups is 2. The quantitative estimate of drug-likeness (QED) is 0.488. The van der Waals surface area contributed by atoms with Crippen molar-refractivity contribution in [3.8, 4) is 0 Å². The summed E-state index contributed by atoms with van der Waals surface area (Å²) in [6.07, 6.45) is 5.52. The summed E-state index contributed by atoms with van der Waals surface area (Å²) in [5.41, 5.74) is 1.16. The molecule has 0 saturated heterocycles. The highest BCUT2D eigenvalue weighted by Crippen LogP contribution is 2.30. The lowest BCUT2D eigenvalue weighted by atomic mass is 10.1. The zero-order valence-corrected chi connectivity index (χ0v) is 22.2. The molecule has 1 fully saturated rings. The van der Waals surface area contributed by atoms with Gasteiger partial charge in [0, 0.05) is 17.6 Å². The van der Waals surface area contributed by atoms with Crippen LogP contribution in [0.4, 0.5) is 5.69 Å². The monoisotopic (exact) mass is 539 g/mol. The summed E-state index contributed by atoms with van der Waals surface area (Å²) in [5.74, 6) is -0.736. The van der Waals surface area contributed by atoms with Crippen molar-refractivity contribution in [2.45, 2.75) is 51.1 Å². The molecule has 0 aliphatic heterocycles. The van der Waals surface area contributed by atoms with E-state index in [1.807, 2.05) is 30.3 Å². The Morgan fingerprint density at radius 2 is 1.74 bits per heavy atom. The van der Waals surface area contributed by atoms with E-state index in [0.717, 1.165) is 41.8 Å². The van der Waals surface area contributed by atoms with Gasteiger partial charge in [-0.3, -0.25) is 13.9 Å². The number of nitrogens with zero attached hydrogens (tertiary/aromatic N) is 2. The van der Waals surface area contributed by atoms with E-state index in [1.165, 1.54) is 23.1 Å². The lowest BCUT2D eigenvalue weighted by Crippen LogP contribution is -2.53. The molecule has 1 aliphatic rings. The molecule has 0 unspecified atom stereocenters. The van der Waals surface area contributed by atoms with E-state index >= 15 is 0 Å². The van der Waals surface area contributed by atoms with E-state index in [4.69, 9.17) is 23.2 Å². The van der Waals surface area contributed by atoms with Crippen LogP contribution in [0.3, 0.4) is 0 Å². The Labute approximate surface area is 217 Å². The van der Waals surface area contributed by atoms with E-state index in [2.05, 4.69) is 5.32 Å². The van der Waals surface area contributed by atoms with Gasteiger partial charge in [-0.15, -0.1) is 0 Å². The molecular weight excluding hydrogens is 509 g/mol. The molecule has 3 rings (SSSR count). The van der Waals surface area contributed by atoms with Crippen molar-refractivity contribution in [3.63, 3.8) is 0 Å². The third kappa shape index (κ3) is 7.59. The minimum atomic E-state index is -3.86. The normalized spacial score (nSPS) is 15.0. The SMILES string of the molecule is C[C@@H](C(=O)NC1CCCC1)N(CCc1ccccc1)C(=O)CN(c1ccc(Cl)cc1Cl)S(C)(=O)=O. The van der Waals surface area contributed by atoms with Crippen molar-refractivity contribution >= 4 is 50.7 Å². The Bertz CT molecular complexity index is 1140. The molecule has 1 atom stereocenters. The number of nitrogens with one attached hydrogen (secondary N) is 1. The molecule has 1 aliphatic carbocycles. The van der Waals surface area contributed by atoms with Gasteiger partial charge in [-0.2, -0.15) is 0 Å². The van der Waals surface area contributed by atoms with Gasteiger partial charge < -0.3 is 10.2 Å². The third-order valence-electron chi connectivity index (χ3n) is 6.21. The second-order valence-electron chi connectivity index (χ2n) is 8.85. The number of hydrogen-bond donors (Lipinski definition) is 1. The predicted molar refractivity (Wildman–Crippen MR) is 140 cm³/mol. The van der Waals surface area contributed by atoms with Crippen LogP contribution in [0.15, 0.2) is 48.5 Å². The first-order chi connectivity index (χ1) is 16.6. The number of hydrogen-bond acceptors (Lipinski definition) is 4. The molecule has 2 aromatic rings. The number of carbonyl (C=O) groups excluding carboxylic acids is 2. The zero-order chi connectivity index (χ0) is 25.6. The molecule has 0 aromatic heterocycles. The van der Waals surface area contributed by atoms with Gasteiger partial charge in [-0.1, -0.05) is 66.4 Å². The first-order valence-electron chi connectivity index (χ1n) is 11.6. The van der Waals surface area contributed by atoms with Gasteiger partial charge in [0.05, 0.1) is 17.0 Å². The van der Waals surface area contributed by atoms with E-state index < -0.39 is 28.5 Å². The average Bonchev–Trinajstić information content (AvgIpc) is 3.31. The van der Waals surface area contributed by atoms with Gasteiger partial charge in [0.1, 0.15) is 12.6 Å². The Balaban J connectivity index is 1.84. The Morgan fingerprint density at radius 1 is 1.09 bits per heavy atom. The summed E-state index contributed by atoms with van der Waals surface area (Å²) in [5, 5.41) is 3.50. The van der Waals surface area contributed by atoms with Gasteiger partial charge in [0.25, 0.3) is 0 Å². The minimum absolute atomic E-state index is 0.108. The summed E-state index contributed by atoms with van der Waals surface area (Å²) >= 11 is 12.2. The van der Waals surface area contributed by atoms with E-state index in [1.54, 1.807) is 6.92 Å².